The second-order valence-electron chi connectivity index (χ2n) is 4.29. The fourth-order valence-electron chi connectivity index (χ4n) is 2.32. The zero-order chi connectivity index (χ0) is 11.4. The van der Waals surface area contributed by atoms with E-state index in [-0.39, 0.29) is 0 Å². The molecule has 1 aromatic rings. The molecule has 1 N–H and O–H groups in total. The number of rotatable bonds is 4. The first kappa shape index (κ1) is 11.3. The minimum Gasteiger partial charge on any atom is -0.368 e. The molecule has 1 aliphatic rings. The van der Waals surface area contributed by atoms with Crippen LogP contribution >= 0.6 is 0 Å². The van der Waals surface area contributed by atoms with Crippen molar-refractivity contribution in [2.24, 2.45) is 0 Å². The van der Waals surface area contributed by atoms with E-state index in [1.807, 2.05) is 13.0 Å². The fraction of sp³-hybridized carbons (Fsp3) is 0.667. The van der Waals surface area contributed by atoms with Gasteiger partial charge in [-0.05, 0) is 38.9 Å². The van der Waals surface area contributed by atoms with E-state index < -0.39 is 0 Å². The maximum Gasteiger partial charge on any atom is 0.129 e. The van der Waals surface area contributed by atoms with E-state index in [9.17, 15) is 0 Å². The number of aryl methyl sites for hydroxylation is 1. The van der Waals surface area contributed by atoms with Crippen molar-refractivity contribution in [2.45, 2.75) is 32.7 Å². The lowest BCUT2D eigenvalue weighted by atomic mass is 10.2. The highest BCUT2D eigenvalue weighted by molar-refractivity contribution is 5.32. The van der Waals surface area contributed by atoms with Crippen molar-refractivity contribution in [2.75, 3.05) is 25.0 Å². The molecule has 0 saturated carbocycles. The third kappa shape index (κ3) is 2.70. The molecule has 0 bridgehead atoms. The molecular formula is C12H20N4. The molecule has 0 aliphatic carbocycles. The van der Waals surface area contributed by atoms with Gasteiger partial charge in [-0.2, -0.15) is 0 Å². The van der Waals surface area contributed by atoms with E-state index in [1.54, 1.807) is 6.20 Å². The van der Waals surface area contributed by atoms with Crippen molar-refractivity contribution in [3.05, 3.63) is 18.1 Å². The average molecular weight is 220 g/mol. The van der Waals surface area contributed by atoms with Crippen LogP contribution in [-0.4, -0.2) is 40.5 Å². The number of hydrogen-bond acceptors (Lipinski definition) is 4. The molecule has 88 valence electrons. The summed E-state index contributed by atoms with van der Waals surface area (Å²) in [7, 11) is 0. The quantitative estimate of drug-likeness (QED) is 0.838. The van der Waals surface area contributed by atoms with Crippen LogP contribution in [0, 0.1) is 6.92 Å². The average Bonchev–Trinajstić information content (AvgIpc) is 2.74. The van der Waals surface area contributed by atoms with E-state index in [1.165, 1.54) is 19.4 Å². The highest BCUT2D eigenvalue weighted by atomic mass is 15.2. The van der Waals surface area contributed by atoms with Crippen LogP contribution < -0.4 is 5.32 Å². The zero-order valence-corrected chi connectivity index (χ0v) is 10.1. The van der Waals surface area contributed by atoms with Crippen molar-refractivity contribution in [1.82, 2.24) is 14.9 Å². The van der Waals surface area contributed by atoms with Crippen molar-refractivity contribution in [3.8, 4) is 0 Å². The summed E-state index contributed by atoms with van der Waals surface area (Å²) in [5.74, 6) is 1.76. The van der Waals surface area contributed by atoms with Gasteiger partial charge in [-0.1, -0.05) is 6.92 Å². The molecule has 2 rings (SSSR count). The maximum absolute atomic E-state index is 4.34. The highest BCUT2D eigenvalue weighted by Crippen LogP contribution is 2.16. The molecule has 0 spiro atoms. The van der Waals surface area contributed by atoms with Gasteiger partial charge in [0, 0.05) is 18.8 Å². The molecule has 1 aromatic heterocycles. The van der Waals surface area contributed by atoms with Gasteiger partial charge in [0.2, 0.25) is 0 Å². The molecule has 1 unspecified atom stereocenters. The van der Waals surface area contributed by atoms with Crippen LogP contribution in [0.1, 0.15) is 25.6 Å². The van der Waals surface area contributed by atoms with Crippen molar-refractivity contribution in [3.63, 3.8) is 0 Å². The minimum atomic E-state index is 0.667. The van der Waals surface area contributed by atoms with Crippen molar-refractivity contribution in [1.29, 1.82) is 0 Å². The van der Waals surface area contributed by atoms with Gasteiger partial charge in [0.15, 0.2) is 0 Å². The molecule has 1 fully saturated rings. The van der Waals surface area contributed by atoms with Crippen LogP contribution in [0.5, 0.6) is 0 Å². The second kappa shape index (κ2) is 5.25. The molecule has 1 aliphatic heterocycles. The molecule has 1 atom stereocenters. The van der Waals surface area contributed by atoms with Crippen LogP contribution in [0.3, 0.4) is 0 Å². The summed E-state index contributed by atoms with van der Waals surface area (Å²) in [6, 6.07) is 2.60. The van der Waals surface area contributed by atoms with E-state index in [0.717, 1.165) is 24.7 Å². The Morgan fingerprint density at radius 1 is 1.56 bits per heavy atom. The summed E-state index contributed by atoms with van der Waals surface area (Å²) >= 11 is 0. The number of likely N-dealkylation sites (tertiary alicyclic amines) is 1. The standard InChI is InChI=1S/C12H20N4/c1-3-16-8-4-5-11(16)9-14-12-6-7-13-10(2)15-12/h6-7,11H,3-5,8-9H2,1-2H3,(H,13,14,15). The summed E-state index contributed by atoms with van der Waals surface area (Å²) in [6.45, 7) is 7.53. The molecule has 16 heavy (non-hydrogen) atoms. The first-order valence-corrected chi connectivity index (χ1v) is 6.07. The van der Waals surface area contributed by atoms with Gasteiger partial charge < -0.3 is 5.32 Å². The Morgan fingerprint density at radius 2 is 2.44 bits per heavy atom. The summed E-state index contributed by atoms with van der Waals surface area (Å²) in [4.78, 5) is 11.0. The first-order chi connectivity index (χ1) is 7.79. The van der Waals surface area contributed by atoms with Gasteiger partial charge in [-0.3, -0.25) is 4.90 Å². The number of hydrogen-bond donors (Lipinski definition) is 1. The number of nitrogens with one attached hydrogen (secondary N) is 1. The number of anilines is 1. The van der Waals surface area contributed by atoms with Crippen LogP contribution in [-0.2, 0) is 0 Å². The molecule has 1 saturated heterocycles. The van der Waals surface area contributed by atoms with E-state index >= 15 is 0 Å². The Balaban J connectivity index is 1.87. The Morgan fingerprint density at radius 3 is 3.19 bits per heavy atom. The van der Waals surface area contributed by atoms with Crippen LogP contribution in [0.25, 0.3) is 0 Å². The van der Waals surface area contributed by atoms with Gasteiger partial charge in [0.25, 0.3) is 0 Å². The molecule has 0 aromatic carbocycles. The van der Waals surface area contributed by atoms with Gasteiger partial charge in [-0.25, -0.2) is 9.97 Å². The molecule has 0 amide bonds. The van der Waals surface area contributed by atoms with Gasteiger partial charge in [0.05, 0.1) is 0 Å². The molecule has 2 heterocycles. The summed E-state index contributed by atoms with van der Waals surface area (Å²) in [5, 5.41) is 3.40. The SMILES string of the molecule is CCN1CCCC1CNc1ccnc(C)n1. The summed E-state index contributed by atoms with van der Waals surface area (Å²) < 4.78 is 0. The topological polar surface area (TPSA) is 41.0 Å². The lowest BCUT2D eigenvalue weighted by molar-refractivity contribution is 0.277. The van der Waals surface area contributed by atoms with Crippen molar-refractivity contribution < 1.29 is 0 Å². The largest absolute Gasteiger partial charge is 0.368 e. The third-order valence-corrected chi connectivity index (χ3v) is 3.20. The summed E-state index contributed by atoms with van der Waals surface area (Å²) in [5.41, 5.74) is 0. The van der Waals surface area contributed by atoms with Crippen LogP contribution in [0.15, 0.2) is 12.3 Å². The maximum atomic E-state index is 4.34. The predicted octanol–water partition coefficient (Wildman–Crippen LogP) is 1.68. The van der Waals surface area contributed by atoms with E-state index in [2.05, 4.69) is 27.1 Å². The zero-order valence-electron chi connectivity index (χ0n) is 10.1. The molecule has 0 radical (unpaired) electrons. The number of aromatic nitrogens is 2. The Kier molecular flexibility index (Phi) is 3.72. The van der Waals surface area contributed by atoms with Gasteiger partial charge >= 0.3 is 0 Å². The minimum absolute atomic E-state index is 0.667. The smallest absolute Gasteiger partial charge is 0.129 e. The van der Waals surface area contributed by atoms with E-state index in [4.69, 9.17) is 0 Å². The van der Waals surface area contributed by atoms with Gasteiger partial charge in [0.1, 0.15) is 11.6 Å². The Labute approximate surface area is 97.1 Å². The summed E-state index contributed by atoms with van der Waals surface area (Å²) in [6.07, 6.45) is 4.42. The first-order valence-electron chi connectivity index (χ1n) is 6.07. The normalized spacial score (nSPS) is 21.2. The van der Waals surface area contributed by atoms with Crippen molar-refractivity contribution >= 4 is 5.82 Å². The monoisotopic (exact) mass is 220 g/mol. The second-order valence-corrected chi connectivity index (χ2v) is 4.29. The fourth-order valence-corrected chi connectivity index (χ4v) is 2.32. The van der Waals surface area contributed by atoms with Gasteiger partial charge in [-0.15, -0.1) is 0 Å². The van der Waals surface area contributed by atoms with E-state index in [0.29, 0.717) is 6.04 Å². The van der Waals surface area contributed by atoms with Crippen LogP contribution in [0.2, 0.25) is 0 Å². The lowest BCUT2D eigenvalue weighted by Crippen LogP contribution is -2.34. The third-order valence-electron chi connectivity index (χ3n) is 3.20. The number of nitrogens with zero attached hydrogens (tertiary/aromatic N) is 3. The highest BCUT2D eigenvalue weighted by Gasteiger charge is 2.22. The molecule has 4 heteroatoms. The van der Waals surface area contributed by atoms with Crippen LogP contribution in [0.4, 0.5) is 5.82 Å². The Bertz CT molecular complexity index is 340. The predicted molar refractivity (Wildman–Crippen MR) is 65.5 cm³/mol. The molecule has 4 nitrogen and oxygen atoms in total. The molecular weight excluding hydrogens is 200 g/mol. The Hall–Kier alpha value is -1.16. The number of likely N-dealkylation sites (N-methyl/N-ethyl adjacent to an activating group) is 1. The lowest BCUT2D eigenvalue weighted by Gasteiger charge is -2.23.